The standard InChI is InChI=1S/C33H40O2S2Si2/c1-31(2,3)38(7,8)27-19-23-24-20-28(39(9,10)32(4,5)6)37(34,35)30(24)33(29(23)36-27)25-17-13-11-15-21(25)22-16-12-14-18-26(22)33/h11-20H,1-10H3. The normalized spacial score (nSPS) is 19.2. The Labute approximate surface area is 240 Å². The average molecular weight is 589 g/mol. The summed E-state index contributed by atoms with van der Waals surface area (Å²) in [6.07, 6.45) is 2.11. The number of benzene rings is 2. The van der Waals surface area contributed by atoms with Crippen LogP contribution in [0.15, 0.2) is 70.1 Å². The molecular formula is C33H40O2S2Si2. The summed E-state index contributed by atoms with van der Waals surface area (Å²) >= 11 is 1.89. The van der Waals surface area contributed by atoms with E-state index in [0.29, 0.717) is 9.43 Å². The zero-order chi connectivity index (χ0) is 28.6. The second-order valence-electron chi connectivity index (χ2n) is 14.7. The molecule has 39 heavy (non-hydrogen) atoms. The van der Waals surface area contributed by atoms with Gasteiger partial charge in [-0.15, -0.1) is 11.3 Å². The molecule has 0 radical (unpaired) electrons. The van der Waals surface area contributed by atoms with Crippen LogP contribution in [-0.4, -0.2) is 24.6 Å². The lowest BCUT2D eigenvalue weighted by Gasteiger charge is -2.39. The van der Waals surface area contributed by atoms with Crippen molar-refractivity contribution in [3.8, 4) is 11.1 Å². The molecule has 1 aliphatic heterocycles. The predicted molar refractivity (Wildman–Crippen MR) is 174 cm³/mol. The van der Waals surface area contributed by atoms with Gasteiger partial charge in [-0.3, -0.25) is 0 Å². The van der Waals surface area contributed by atoms with Crippen LogP contribution in [0.3, 0.4) is 0 Å². The first-order valence-corrected chi connectivity index (χ1v) is 22.3. The highest BCUT2D eigenvalue weighted by molar-refractivity contribution is 8.02. The van der Waals surface area contributed by atoms with Crippen LogP contribution in [0.2, 0.25) is 36.3 Å². The van der Waals surface area contributed by atoms with E-state index in [2.05, 4.69) is 128 Å². The number of hydrogen-bond acceptors (Lipinski definition) is 3. The van der Waals surface area contributed by atoms with Gasteiger partial charge in [0.05, 0.1) is 18.4 Å². The number of fused-ring (bicyclic) bond motifs is 9. The molecule has 0 unspecified atom stereocenters. The second-order valence-corrected chi connectivity index (χ2v) is 28.9. The highest BCUT2D eigenvalue weighted by atomic mass is 32.2. The summed E-state index contributed by atoms with van der Waals surface area (Å²) in [6.45, 7) is 23.1. The highest BCUT2D eigenvalue weighted by Crippen LogP contribution is 2.67. The molecule has 6 heteroatoms. The molecule has 0 saturated heterocycles. The molecule has 2 aliphatic carbocycles. The van der Waals surface area contributed by atoms with Gasteiger partial charge in [0.2, 0.25) is 0 Å². The van der Waals surface area contributed by atoms with Gasteiger partial charge in [-0.1, -0.05) is 116 Å². The summed E-state index contributed by atoms with van der Waals surface area (Å²) < 4.78 is 32.1. The van der Waals surface area contributed by atoms with Crippen molar-refractivity contribution < 1.29 is 8.42 Å². The van der Waals surface area contributed by atoms with Crippen molar-refractivity contribution in [2.24, 2.45) is 0 Å². The quantitative estimate of drug-likeness (QED) is 0.280. The monoisotopic (exact) mass is 588 g/mol. The van der Waals surface area contributed by atoms with E-state index in [0.717, 1.165) is 33.4 Å². The Balaban J connectivity index is 1.76. The molecule has 204 valence electrons. The number of sulfone groups is 1. The van der Waals surface area contributed by atoms with E-state index in [-0.39, 0.29) is 10.1 Å². The smallest absolute Gasteiger partial charge is 0.197 e. The van der Waals surface area contributed by atoms with Crippen LogP contribution in [-0.2, 0) is 15.3 Å². The third-order valence-electron chi connectivity index (χ3n) is 10.7. The van der Waals surface area contributed by atoms with E-state index in [1.807, 2.05) is 11.3 Å². The zero-order valence-corrected chi connectivity index (χ0v) is 28.5. The molecule has 1 aromatic heterocycles. The maximum atomic E-state index is 15.0. The Morgan fingerprint density at radius 2 is 1.21 bits per heavy atom. The van der Waals surface area contributed by atoms with E-state index in [4.69, 9.17) is 0 Å². The van der Waals surface area contributed by atoms with E-state index < -0.39 is 31.4 Å². The molecule has 0 amide bonds. The minimum atomic E-state index is -3.68. The van der Waals surface area contributed by atoms with Gasteiger partial charge in [0.25, 0.3) is 0 Å². The Morgan fingerprint density at radius 3 is 1.69 bits per heavy atom. The second kappa shape index (κ2) is 7.84. The van der Waals surface area contributed by atoms with Gasteiger partial charge < -0.3 is 0 Å². The van der Waals surface area contributed by atoms with Crippen LogP contribution in [0.1, 0.15) is 63.1 Å². The third kappa shape index (κ3) is 3.20. The summed E-state index contributed by atoms with van der Waals surface area (Å²) in [5, 5.41) is 0.0967. The molecule has 2 heterocycles. The van der Waals surface area contributed by atoms with Gasteiger partial charge in [-0.2, -0.15) is 0 Å². The topological polar surface area (TPSA) is 34.1 Å². The van der Waals surface area contributed by atoms with Crippen molar-refractivity contribution in [2.45, 2.75) is 83.2 Å². The Kier molecular flexibility index (Phi) is 5.47. The molecule has 0 fully saturated rings. The zero-order valence-electron chi connectivity index (χ0n) is 24.9. The fraction of sp³-hybridized carbons (Fsp3) is 0.394. The number of allylic oxidation sites excluding steroid dienone is 3. The summed E-state index contributed by atoms with van der Waals surface area (Å²) in [5.74, 6) is 0. The van der Waals surface area contributed by atoms with Crippen LogP contribution in [0.4, 0.5) is 0 Å². The van der Waals surface area contributed by atoms with Crippen molar-refractivity contribution in [1.82, 2.24) is 0 Å². The molecule has 6 rings (SSSR count). The van der Waals surface area contributed by atoms with Gasteiger partial charge in [-0.25, -0.2) is 8.42 Å². The van der Waals surface area contributed by atoms with Gasteiger partial charge in [0.15, 0.2) is 9.84 Å². The molecule has 0 saturated carbocycles. The number of rotatable bonds is 2. The first-order chi connectivity index (χ1) is 17.9. The van der Waals surface area contributed by atoms with E-state index in [1.165, 1.54) is 9.38 Å². The average Bonchev–Trinajstić information content (AvgIpc) is 3.52. The molecule has 0 bridgehead atoms. The summed E-state index contributed by atoms with van der Waals surface area (Å²) in [7, 11) is -7.89. The van der Waals surface area contributed by atoms with Crippen LogP contribution in [0.25, 0.3) is 16.7 Å². The molecule has 0 atom stereocenters. The van der Waals surface area contributed by atoms with Gasteiger partial charge in [-0.05, 0) is 60.1 Å². The van der Waals surface area contributed by atoms with E-state index in [9.17, 15) is 8.42 Å². The Hall–Kier alpha value is -2.00. The molecule has 2 aromatic carbocycles. The van der Waals surface area contributed by atoms with Crippen LogP contribution in [0, 0.1) is 0 Å². The fourth-order valence-electron chi connectivity index (χ4n) is 6.39. The van der Waals surface area contributed by atoms with Crippen LogP contribution < -0.4 is 4.50 Å². The molecule has 0 N–H and O–H groups in total. The van der Waals surface area contributed by atoms with Crippen molar-refractivity contribution >= 4 is 47.4 Å². The minimum absolute atomic E-state index is 0.0892. The maximum absolute atomic E-state index is 15.0. The van der Waals surface area contributed by atoms with E-state index in [1.54, 1.807) is 0 Å². The molecule has 2 nitrogen and oxygen atoms in total. The van der Waals surface area contributed by atoms with Crippen molar-refractivity contribution in [2.75, 3.05) is 0 Å². The van der Waals surface area contributed by atoms with E-state index >= 15 is 0 Å². The highest BCUT2D eigenvalue weighted by Gasteiger charge is 2.62. The first kappa shape index (κ1) is 27.2. The van der Waals surface area contributed by atoms with Gasteiger partial charge in [0, 0.05) is 9.41 Å². The van der Waals surface area contributed by atoms with Crippen molar-refractivity contribution in [3.63, 3.8) is 0 Å². The molecule has 1 spiro atoms. The molecule has 3 aromatic rings. The Morgan fingerprint density at radius 1 is 0.718 bits per heavy atom. The number of thiophene rings is 1. The van der Waals surface area contributed by atoms with Gasteiger partial charge >= 0.3 is 0 Å². The summed E-state index contributed by atoms with van der Waals surface area (Å²) in [5.41, 5.74) is 5.88. The SMILES string of the molecule is CC(C)(C)[Si](C)(C)C1=CC2=C(C3(c4ccccc4-c4ccccc43)c3sc([Si](C)(C)C(C)(C)C)cc32)S1(=O)=O. The Bertz CT molecular complexity index is 1690. The predicted octanol–water partition coefficient (Wildman–Crippen LogP) is 8.86. The minimum Gasteiger partial charge on any atom is -0.220 e. The largest absolute Gasteiger partial charge is 0.220 e. The molecular weight excluding hydrogens is 549 g/mol. The lowest BCUT2D eigenvalue weighted by Crippen LogP contribution is -2.48. The lowest BCUT2D eigenvalue weighted by molar-refractivity contribution is 0.603. The van der Waals surface area contributed by atoms with Crippen molar-refractivity contribution in [1.29, 1.82) is 0 Å². The maximum Gasteiger partial charge on any atom is 0.197 e. The fourth-order valence-corrected chi connectivity index (χ4v) is 17.9. The number of hydrogen-bond donors (Lipinski definition) is 0. The van der Waals surface area contributed by atoms with Crippen LogP contribution >= 0.6 is 11.3 Å². The first-order valence-electron chi connectivity index (χ1n) is 14.0. The lowest BCUT2D eigenvalue weighted by atomic mass is 9.78. The molecule has 3 aliphatic rings. The third-order valence-corrected chi connectivity index (χ3v) is 28.0. The van der Waals surface area contributed by atoms with Crippen LogP contribution in [0.5, 0.6) is 0 Å². The summed E-state index contributed by atoms with van der Waals surface area (Å²) in [4.78, 5) is 1.83. The summed E-state index contributed by atoms with van der Waals surface area (Å²) in [6, 6.07) is 19.4. The van der Waals surface area contributed by atoms with Crippen molar-refractivity contribution in [3.05, 3.63) is 91.7 Å². The van der Waals surface area contributed by atoms with Gasteiger partial charge in [0.1, 0.15) is 8.07 Å².